The molecule has 5 heteroatoms. The Morgan fingerprint density at radius 3 is 2.94 bits per heavy atom. The second-order valence-corrected chi connectivity index (χ2v) is 5.80. The van der Waals surface area contributed by atoms with E-state index in [0.717, 1.165) is 18.6 Å². The predicted octanol–water partition coefficient (Wildman–Crippen LogP) is 3.15. The zero-order valence-corrected chi connectivity index (χ0v) is 11.0. The molecular formula is C12H15ClN2OS. The highest BCUT2D eigenvalue weighted by atomic mass is 35.5. The molecule has 0 aromatic heterocycles. The van der Waals surface area contributed by atoms with Crippen LogP contribution in [0.4, 0.5) is 11.4 Å². The maximum absolute atomic E-state index is 12.0. The number of hydrogen-bond acceptors (Lipinski definition) is 3. The summed E-state index contributed by atoms with van der Waals surface area (Å²) in [6.07, 6.45) is 3.30. The van der Waals surface area contributed by atoms with Crippen molar-refractivity contribution in [2.75, 3.05) is 16.8 Å². The van der Waals surface area contributed by atoms with Gasteiger partial charge in [0.05, 0.1) is 16.0 Å². The van der Waals surface area contributed by atoms with Crippen molar-refractivity contribution < 1.29 is 4.79 Å². The lowest BCUT2D eigenvalue weighted by Crippen LogP contribution is -2.27. The quantitative estimate of drug-likeness (QED) is 0.812. The molecule has 17 heavy (non-hydrogen) atoms. The number of amides is 1. The molecule has 1 fully saturated rings. The van der Waals surface area contributed by atoms with Crippen LogP contribution in [0.2, 0.25) is 5.02 Å². The Labute approximate surface area is 110 Å². The summed E-state index contributed by atoms with van der Waals surface area (Å²) < 4.78 is 0. The summed E-state index contributed by atoms with van der Waals surface area (Å²) in [5, 5.41) is 3.42. The highest BCUT2D eigenvalue weighted by Crippen LogP contribution is 2.27. The summed E-state index contributed by atoms with van der Waals surface area (Å²) in [5.74, 6) is 1.14. The molecule has 1 aromatic carbocycles. The fraction of sp³-hybridized carbons (Fsp3) is 0.417. The summed E-state index contributed by atoms with van der Waals surface area (Å²) >= 11 is 7.63. The number of nitrogens with one attached hydrogen (secondary N) is 1. The Balaban J connectivity index is 1.99. The molecule has 1 amide bonds. The van der Waals surface area contributed by atoms with Gasteiger partial charge in [-0.1, -0.05) is 18.0 Å². The number of benzene rings is 1. The molecule has 0 radical (unpaired) electrons. The van der Waals surface area contributed by atoms with Crippen LogP contribution in [0.15, 0.2) is 18.2 Å². The number of anilines is 2. The number of nitrogen functional groups attached to an aromatic ring is 1. The average Bonchev–Trinajstić information content (AvgIpc) is 2.35. The van der Waals surface area contributed by atoms with Crippen LogP contribution in [0.5, 0.6) is 0 Å². The summed E-state index contributed by atoms with van der Waals surface area (Å²) in [5.41, 5.74) is 6.85. The molecule has 2 rings (SSSR count). The van der Waals surface area contributed by atoms with Crippen LogP contribution < -0.4 is 11.1 Å². The maximum Gasteiger partial charge on any atom is 0.237 e. The van der Waals surface area contributed by atoms with E-state index in [1.54, 1.807) is 30.0 Å². The van der Waals surface area contributed by atoms with Crippen molar-refractivity contribution in [3.63, 3.8) is 0 Å². The topological polar surface area (TPSA) is 55.1 Å². The molecule has 1 aromatic rings. The third-order valence-electron chi connectivity index (χ3n) is 2.74. The molecule has 1 heterocycles. The van der Waals surface area contributed by atoms with E-state index in [1.807, 2.05) is 0 Å². The minimum Gasteiger partial charge on any atom is -0.398 e. The first-order valence-corrected chi connectivity index (χ1v) is 7.07. The van der Waals surface area contributed by atoms with Crippen LogP contribution in [-0.2, 0) is 4.79 Å². The normalized spacial score (nSPS) is 19.9. The number of carbonyl (C=O) groups is 1. The standard InChI is InChI=1S/C12H15ClN2OS/c13-9-7-8(4-5-10(9)14)15-12(16)11-3-1-2-6-17-11/h4-5,7,11H,1-3,6,14H2,(H,15,16). The van der Waals surface area contributed by atoms with Crippen molar-refractivity contribution in [2.24, 2.45) is 0 Å². The average molecular weight is 271 g/mol. The SMILES string of the molecule is Nc1ccc(NC(=O)C2CCCCS2)cc1Cl. The molecule has 0 spiro atoms. The Hall–Kier alpha value is -0.870. The Bertz CT molecular complexity index is 419. The summed E-state index contributed by atoms with van der Waals surface area (Å²) in [6, 6.07) is 5.15. The fourth-order valence-corrected chi connectivity index (χ4v) is 3.15. The number of halogens is 1. The van der Waals surface area contributed by atoms with Gasteiger partial charge in [0.15, 0.2) is 0 Å². The molecule has 1 atom stereocenters. The summed E-state index contributed by atoms with van der Waals surface area (Å²) in [4.78, 5) is 12.0. The number of rotatable bonds is 2. The number of nitrogens with two attached hydrogens (primary N) is 1. The minimum atomic E-state index is 0.0653. The van der Waals surface area contributed by atoms with Gasteiger partial charge in [-0.05, 0) is 36.8 Å². The fourth-order valence-electron chi connectivity index (χ4n) is 1.78. The minimum absolute atomic E-state index is 0.0653. The molecule has 1 aliphatic rings. The van der Waals surface area contributed by atoms with Crippen LogP contribution in [0.3, 0.4) is 0 Å². The highest BCUT2D eigenvalue weighted by molar-refractivity contribution is 8.00. The van der Waals surface area contributed by atoms with E-state index in [1.165, 1.54) is 6.42 Å². The maximum atomic E-state index is 12.0. The van der Waals surface area contributed by atoms with Gasteiger partial charge >= 0.3 is 0 Å². The molecule has 0 bridgehead atoms. The van der Waals surface area contributed by atoms with Gasteiger partial charge in [-0.2, -0.15) is 0 Å². The van der Waals surface area contributed by atoms with Crippen LogP contribution in [0.25, 0.3) is 0 Å². The third kappa shape index (κ3) is 3.30. The monoisotopic (exact) mass is 270 g/mol. The number of carbonyl (C=O) groups excluding carboxylic acids is 1. The smallest absolute Gasteiger partial charge is 0.237 e. The van der Waals surface area contributed by atoms with E-state index >= 15 is 0 Å². The van der Waals surface area contributed by atoms with E-state index in [9.17, 15) is 4.79 Å². The molecule has 0 saturated carbocycles. The van der Waals surface area contributed by atoms with E-state index < -0.39 is 0 Å². The first-order valence-electron chi connectivity index (χ1n) is 5.64. The molecule has 1 saturated heterocycles. The van der Waals surface area contributed by atoms with Crippen molar-refractivity contribution in [2.45, 2.75) is 24.5 Å². The van der Waals surface area contributed by atoms with Gasteiger partial charge < -0.3 is 11.1 Å². The number of thioether (sulfide) groups is 1. The predicted molar refractivity (Wildman–Crippen MR) is 74.6 cm³/mol. The lowest BCUT2D eigenvalue weighted by Gasteiger charge is -2.20. The van der Waals surface area contributed by atoms with Crippen LogP contribution >= 0.6 is 23.4 Å². The van der Waals surface area contributed by atoms with E-state index in [0.29, 0.717) is 16.4 Å². The number of hydrogen-bond donors (Lipinski definition) is 2. The molecule has 1 unspecified atom stereocenters. The van der Waals surface area contributed by atoms with Crippen molar-refractivity contribution in [1.82, 2.24) is 0 Å². The van der Waals surface area contributed by atoms with E-state index in [2.05, 4.69) is 5.32 Å². The second-order valence-electron chi connectivity index (χ2n) is 4.08. The first kappa shape index (κ1) is 12.6. The molecule has 92 valence electrons. The zero-order valence-electron chi connectivity index (χ0n) is 9.41. The van der Waals surface area contributed by atoms with Gasteiger partial charge in [0.25, 0.3) is 0 Å². The van der Waals surface area contributed by atoms with Crippen LogP contribution in [0, 0.1) is 0 Å². The lowest BCUT2D eigenvalue weighted by molar-refractivity contribution is -0.115. The molecule has 3 N–H and O–H groups in total. The molecular weight excluding hydrogens is 256 g/mol. The summed E-state index contributed by atoms with van der Waals surface area (Å²) in [7, 11) is 0. The van der Waals surface area contributed by atoms with Crippen LogP contribution in [-0.4, -0.2) is 16.9 Å². The van der Waals surface area contributed by atoms with Gasteiger partial charge in [0.1, 0.15) is 0 Å². The van der Waals surface area contributed by atoms with Crippen molar-refractivity contribution in [3.05, 3.63) is 23.2 Å². The van der Waals surface area contributed by atoms with Crippen molar-refractivity contribution in [3.8, 4) is 0 Å². The zero-order chi connectivity index (χ0) is 12.3. The highest BCUT2D eigenvalue weighted by Gasteiger charge is 2.21. The summed E-state index contributed by atoms with van der Waals surface area (Å²) in [6.45, 7) is 0. The Morgan fingerprint density at radius 1 is 1.47 bits per heavy atom. The Kier molecular flexibility index (Phi) is 4.18. The third-order valence-corrected chi connectivity index (χ3v) is 4.44. The second kappa shape index (κ2) is 5.65. The van der Waals surface area contributed by atoms with Crippen LogP contribution in [0.1, 0.15) is 19.3 Å². The van der Waals surface area contributed by atoms with Crippen molar-refractivity contribution in [1.29, 1.82) is 0 Å². The van der Waals surface area contributed by atoms with Gasteiger partial charge in [-0.25, -0.2) is 0 Å². The van der Waals surface area contributed by atoms with E-state index in [-0.39, 0.29) is 11.2 Å². The largest absolute Gasteiger partial charge is 0.398 e. The first-order chi connectivity index (χ1) is 8.16. The van der Waals surface area contributed by atoms with Gasteiger partial charge in [0, 0.05) is 5.69 Å². The Morgan fingerprint density at radius 2 is 2.29 bits per heavy atom. The van der Waals surface area contributed by atoms with Gasteiger partial charge in [0.2, 0.25) is 5.91 Å². The molecule has 1 aliphatic heterocycles. The molecule has 3 nitrogen and oxygen atoms in total. The van der Waals surface area contributed by atoms with E-state index in [4.69, 9.17) is 17.3 Å². The van der Waals surface area contributed by atoms with Gasteiger partial charge in [-0.15, -0.1) is 11.8 Å². The van der Waals surface area contributed by atoms with Crippen molar-refractivity contribution >= 4 is 40.6 Å². The van der Waals surface area contributed by atoms with Gasteiger partial charge in [-0.3, -0.25) is 4.79 Å². The lowest BCUT2D eigenvalue weighted by atomic mass is 10.2. The molecule has 0 aliphatic carbocycles.